The minimum Gasteiger partial charge on any atom is -0.457 e. The Morgan fingerprint density at radius 1 is 1.35 bits per heavy atom. The van der Waals surface area contributed by atoms with Crippen LogP contribution in [0.4, 0.5) is 0 Å². The van der Waals surface area contributed by atoms with E-state index < -0.39 is 0 Å². The predicted octanol–water partition coefficient (Wildman–Crippen LogP) is 1.09. The zero-order chi connectivity index (χ0) is 12.6. The molecular weight excluding hydrogens is 218 g/mol. The zero-order valence-corrected chi connectivity index (χ0v) is 10.7. The molecule has 2 saturated heterocycles. The molecule has 2 heterocycles. The van der Waals surface area contributed by atoms with Crippen LogP contribution in [0.15, 0.2) is 11.6 Å². The first-order chi connectivity index (χ1) is 7.97. The summed E-state index contributed by atoms with van der Waals surface area (Å²) in [6.45, 7) is 3.76. The van der Waals surface area contributed by atoms with Crippen molar-refractivity contribution in [2.45, 2.75) is 57.4 Å². The lowest BCUT2D eigenvalue weighted by molar-refractivity contribution is -0.144. The number of ether oxygens (including phenoxy) is 1. The first kappa shape index (κ1) is 12.6. The van der Waals surface area contributed by atoms with E-state index in [2.05, 4.69) is 11.9 Å². The molecule has 0 spiro atoms. The van der Waals surface area contributed by atoms with Gasteiger partial charge in [0.15, 0.2) is 0 Å². The van der Waals surface area contributed by atoms with Gasteiger partial charge in [0, 0.05) is 24.6 Å². The van der Waals surface area contributed by atoms with E-state index in [4.69, 9.17) is 4.74 Å². The van der Waals surface area contributed by atoms with Crippen LogP contribution in [0, 0.1) is 0 Å². The van der Waals surface area contributed by atoms with Gasteiger partial charge >= 0.3 is 5.97 Å². The summed E-state index contributed by atoms with van der Waals surface area (Å²) >= 11 is 0. The maximum absolute atomic E-state index is 11.6. The molecule has 2 aliphatic rings. The number of carbonyl (C=O) groups excluding carboxylic acids is 1. The van der Waals surface area contributed by atoms with Crippen LogP contribution in [-0.2, 0) is 9.53 Å². The Morgan fingerprint density at radius 3 is 2.71 bits per heavy atom. The number of aliphatic hydroxyl groups is 1. The van der Waals surface area contributed by atoms with E-state index in [9.17, 15) is 9.90 Å². The van der Waals surface area contributed by atoms with Gasteiger partial charge in [-0.1, -0.05) is 5.57 Å². The van der Waals surface area contributed by atoms with Crippen molar-refractivity contribution in [1.82, 2.24) is 4.90 Å². The lowest BCUT2D eigenvalue weighted by atomic mass is 10.0. The van der Waals surface area contributed by atoms with E-state index in [1.165, 1.54) is 6.08 Å². The quantitative estimate of drug-likeness (QED) is 0.579. The van der Waals surface area contributed by atoms with Gasteiger partial charge in [0.1, 0.15) is 6.10 Å². The molecule has 4 atom stereocenters. The van der Waals surface area contributed by atoms with Crippen LogP contribution < -0.4 is 0 Å². The van der Waals surface area contributed by atoms with Crippen molar-refractivity contribution in [2.75, 3.05) is 7.05 Å². The molecule has 17 heavy (non-hydrogen) atoms. The van der Waals surface area contributed by atoms with Crippen molar-refractivity contribution in [3.63, 3.8) is 0 Å². The standard InChI is InChI=1S/C13H21NO3/c1-8(2)4-13(16)17-12-6-9-5-10(15)7-11(12)14(9)3/h4,9-12,15H,5-7H2,1-3H3/t9?,10-,11?,12-/m1/s1. The van der Waals surface area contributed by atoms with Gasteiger partial charge in [-0.05, 0) is 33.7 Å². The smallest absolute Gasteiger partial charge is 0.331 e. The molecule has 1 N–H and O–H groups in total. The Labute approximate surface area is 102 Å². The number of allylic oxidation sites excluding steroid dienone is 1. The number of rotatable bonds is 2. The van der Waals surface area contributed by atoms with Crippen LogP contribution in [0.3, 0.4) is 0 Å². The molecule has 0 aromatic carbocycles. The first-order valence-electron chi connectivity index (χ1n) is 6.23. The summed E-state index contributed by atoms with van der Waals surface area (Å²) in [6.07, 6.45) is 3.57. The number of fused-ring (bicyclic) bond motifs is 2. The van der Waals surface area contributed by atoms with E-state index in [-0.39, 0.29) is 24.2 Å². The largest absolute Gasteiger partial charge is 0.457 e. The molecule has 0 aromatic heterocycles. The molecule has 4 nitrogen and oxygen atoms in total. The zero-order valence-electron chi connectivity index (χ0n) is 10.7. The first-order valence-corrected chi connectivity index (χ1v) is 6.23. The van der Waals surface area contributed by atoms with Crippen molar-refractivity contribution in [3.8, 4) is 0 Å². The summed E-state index contributed by atoms with van der Waals surface area (Å²) in [6, 6.07) is 0.534. The van der Waals surface area contributed by atoms with Gasteiger partial charge in [-0.15, -0.1) is 0 Å². The van der Waals surface area contributed by atoms with Crippen LogP contribution in [0.25, 0.3) is 0 Å². The summed E-state index contributed by atoms with van der Waals surface area (Å²) in [5.41, 5.74) is 0.948. The normalized spacial score (nSPS) is 36.7. The highest BCUT2D eigenvalue weighted by molar-refractivity contribution is 5.82. The van der Waals surface area contributed by atoms with Crippen LogP contribution in [-0.4, -0.2) is 47.3 Å². The summed E-state index contributed by atoms with van der Waals surface area (Å²) in [5, 5.41) is 9.73. The minimum atomic E-state index is -0.259. The highest BCUT2D eigenvalue weighted by Crippen LogP contribution is 2.36. The lowest BCUT2D eigenvalue weighted by Crippen LogP contribution is -2.44. The molecule has 0 amide bonds. The second-order valence-corrected chi connectivity index (χ2v) is 5.44. The number of piperidine rings is 1. The molecule has 0 radical (unpaired) electrons. The fourth-order valence-electron chi connectivity index (χ4n) is 2.94. The van der Waals surface area contributed by atoms with Gasteiger partial charge < -0.3 is 9.84 Å². The molecule has 2 fully saturated rings. The fraction of sp³-hybridized carbons (Fsp3) is 0.769. The topological polar surface area (TPSA) is 49.8 Å². The lowest BCUT2D eigenvalue weighted by Gasteiger charge is -2.34. The Balaban J connectivity index is 1.99. The third-order valence-corrected chi connectivity index (χ3v) is 3.76. The average Bonchev–Trinajstić information content (AvgIpc) is 2.40. The predicted molar refractivity (Wildman–Crippen MR) is 64.5 cm³/mol. The van der Waals surface area contributed by atoms with E-state index in [0.29, 0.717) is 12.5 Å². The van der Waals surface area contributed by atoms with E-state index in [1.807, 2.05) is 13.8 Å². The summed E-state index contributed by atoms with van der Waals surface area (Å²) < 4.78 is 5.49. The van der Waals surface area contributed by atoms with Crippen molar-refractivity contribution in [1.29, 1.82) is 0 Å². The molecule has 96 valence electrons. The van der Waals surface area contributed by atoms with Crippen LogP contribution in [0.1, 0.15) is 33.1 Å². The third kappa shape index (κ3) is 2.69. The van der Waals surface area contributed by atoms with Gasteiger partial charge in [-0.3, -0.25) is 4.90 Å². The van der Waals surface area contributed by atoms with E-state index >= 15 is 0 Å². The van der Waals surface area contributed by atoms with Gasteiger partial charge in [-0.2, -0.15) is 0 Å². The van der Waals surface area contributed by atoms with Gasteiger partial charge in [0.2, 0.25) is 0 Å². The number of hydrogen-bond donors (Lipinski definition) is 1. The summed E-state index contributed by atoms with van der Waals surface area (Å²) in [4.78, 5) is 13.8. The molecule has 0 aliphatic carbocycles. The highest BCUT2D eigenvalue weighted by atomic mass is 16.5. The summed E-state index contributed by atoms with van der Waals surface area (Å²) in [7, 11) is 2.05. The highest BCUT2D eigenvalue weighted by Gasteiger charge is 2.46. The fourth-order valence-corrected chi connectivity index (χ4v) is 2.94. The number of likely N-dealkylation sites (N-methyl/N-ethyl adjacent to an activating group) is 1. The third-order valence-electron chi connectivity index (χ3n) is 3.76. The maximum Gasteiger partial charge on any atom is 0.331 e. The SMILES string of the molecule is CC(C)=CC(=O)O[C@@H]1CC2C[C@@H](O)CC1N2C. The number of esters is 1. The molecular formula is C13H21NO3. The second kappa shape index (κ2) is 4.78. The molecule has 2 unspecified atom stereocenters. The van der Waals surface area contributed by atoms with Crippen molar-refractivity contribution in [2.24, 2.45) is 0 Å². The van der Waals surface area contributed by atoms with Gasteiger partial charge in [0.05, 0.1) is 6.10 Å². The molecule has 2 bridgehead atoms. The molecule has 2 rings (SSSR count). The van der Waals surface area contributed by atoms with Gasteiger partial charge in [0.25, 0.3) is 0 Å². The maximum atomic E-state index is 11.6. The van der Waals surface area contributed by atoms with Crippen molar-refractivity contribution in [3.05, 3.63) is 11.6 Å². The monoisotopic (exact) mass is 239 g/mol. The van der Waals surface area contributed by atoms with Crippen molar-refractivity contribution >= 4 is 5.97 Å². The van der Waals surface area contributed by atoms with Crippen molar-refractivity contribution < 1.29 is 14.6 Å². The second-order valence-electron chi connectivity index (χ2n) is 5.44. The van der Waals surface area contributed by atoms with E-state index in [1.54, 1.807) is 0 Å². The van der Waals surface area contributed by atoms with Gasteiger partial charge in [-0.25, -0.2) is 4.79 Å². The van der Waals surface area contributed by atoms with Crippen LogP contribution >= 0.6 is 0 Å². The van der Waals surface area contributed by atoms with Crippen LogP contribution in [0.5, 0.6) is 0 Å². The molecule has 2 aliphatic heterocycles. The average molecular weight is 239 g/mol. The molecule has 4 heteroatoms. The Bertz CT molecular complexity index is 336. The van der Waals surface area contributed by atoms with E-state index in [0.717, 1.165) is 18.4 Å². The number of aliphatic hydroxyl groups excluding tert-OH is 1. The Kier molecular flexibility index (Phi) is 3.54. The number of nitrogens with zero attached hydrogens (tertiary/aromatic N) is 1. The minimum absolute atomic E-state index is 0.0646. The Morgan fingerprint density at radius 2 is 2.06 bits per heavy atom. The molecule has 0 aromatic rings. The number of hydrogen-bond acceptors (Lipinski definition) is 4. The van der Waals surface area contributed by atoms with Crippen LogP contribution in [0.2, 0.25) is 0 Å². The molecule has 0 saturated carbocycles. The number of carbonyl (C=O) groups is 1. The summed E-state index contributed by atoms with van der Waals surface area (Å²) in [5.74, 6) is -0.259. The Hall–Kier alpha value is -0.870.